The molecule has 7 rings (SSSR count). The normalized spacial score (nSPS) is 19.1. The van der Waals surface area contributed by atoms with Crippen LogP contribution in [0.5, 0.6) is 5.75 Å². The summed E-state index contributed by atoms with van der Waals surface area (Å²) in [5.41, 5.74) is 6.39. The Hall–Kier alpha value is -4.02. The minimum absolute atomic E-state index is 0.209. The second-order valence-electron chi connectivity index (χ2n) is 13.2. The molecule has 46 heavy (non-hydrogen) atoms. The van der Waals surface area contributed by atoms with Crippen LogP contribution in [0.1, 0.15) is 61.0 Å². The topological polar surface area (TPSA) is 97.6 Å². The third-order valence-corrected chi connectivity index (χ3v) is 10.2. The van der Waals surface area contributed by atoms with Gasteiger partial charge in [-0.1, -0.05) is 0 Å². The maximum absolute atomic E-state index is 13.7. The van der Waals surface area contributed by atoms with Crippen LogP contribution >= 0.6 is 0 Å². The fourth-order valence-corrected chi connectivity index (χ4v) is 7.38. The number of nitrogens with zero attached hydrogens (tertiary/aromatic N) is 6. The van der Waals surface area contributed by atoms with E-state index in [9.17, 15) is 4.79 Å². The number of nitrogens with one attached hydrogen (secondary N) is 1. The third-order valence-electron chi connectivity index (χ3n) is 10.2. The lowest BCUT2D eigenvalue weighted by Crippen LogP contribution is -2.47. The zero-order chi connectivity index (χ0) is 31.5. The van der Waals surface area contributed by atoms with Crippen LogP contribution in [-0.2, 0) is 11.3 Å². The van der Waals surface area contributed by atoms with E-state index in [0.29, 0.717) is 29.2 Å². The van der Waals surface area contributed by atoms with Crippen molar-refractivity contribution >= 4 is 28.6 Å². The van der Waals surface area contributed by atoms with E-state index >= 15 is 0 Å². The van der Waals surface area contributed by atoms with Crippen LogP contribution in [0.15, 0.2) is 48.8 Å². The van der Waals surface area contributed by atoms with E-state index < -0.39 is 0 Å². The van der Waals surface area contributed by atoms with Crippen molar-refractivity contribution < 1.29 is 14.3 Å². The Morgan fingerprint density at radius 1 is 0.957 bits per heavy atom. The highest BCUT2D eigenvalue weighted by molar-refractivity contribution is 6.05. The predicted octanol–water partition coefficient (Wildman–Crippen LogP) is 5.95. The number of aromatic nitrogens is 4. The number of likely N-dealkylation sites (tertiary alicyclic amines) is 1. The first-order valence-corrected chi connectivity index (χ1v) is 16.8. The summed E-state index contributed by atoms with van der Waals surface area (Å²) in [6.45, 7) is 9.63. The highest BCUT2D eigenvalue weighted by Crippen LogP contribution is 2.42. The number of methoxy groups -OCH3 is 1. The van der Waals surface area contributed by atoms with Crippen molar-refractivity contribution in [2.45, 2.75) is 58.4 Å². The third kappa shape index (κ3) is 6.46. The van der Waals surface area contributed by atoms with Gasteiger partial charge in [-0.3, -0.25) is 20.1 Å². The molecule has 242 valence electrons. The number of carbonyl (C=O) groups excluding carboxylic acids is 1. The molecule has 0 aliphatic carbocycles. The Kier molecular flexibility index (Phi) is 8.90. The second kappa shape index (κ2) is 13.4. The van der Waals surface area contributed by atoms with Crippen LogP contribution in [-0.4, -0.2) is 83.4 Å². The van der Waals surface area contributed by atoms with Gasteiger partial charge in [0, 0.05) is 62.6 Å². The zero-order valence-electron chi connectivity index (χ0n) is 27.1. The monoisotopic (exact) mass is 623 g/mol. The first-order valence-electron chi connectivity index (χ1n) is 16.8. The molecule has 1 amide bonds. The van der Waals surface area contributed by atoms with Gasteiger partial charge in [0.25, 0.3) is 5.91 Å². The van der Waals surface area contributed by atoms with E-state index in [1.54, 1.807) is 19.5 Å². The fraction of sp³-hybridized carbons (Fsp3) is 0.500. The lowest BCUT2D eigenvalue weighted by molar-refractivity contribution is 0.0618. The second-order valence-corrected chi connectivity index (χ2v) is 13.2. The fourth-order valence-electron chi connectivity index (χ4n) is 7.38. The number of imidazole rings is 1. The maximum atomic E-state index is 13.7. The van der Waals surface area contributed by atoms with Crippen molar-refractivity contribution in [3.05, 3.63) is 60.0 Å². The first-order chi connectivity index (χ1) is 22.5. The molecule has 0 saturated carbocycles. The number of hydrogen-bond donors (Lipinski definition) is 1. The summed E-state index contributed by atoms with van der Waals surface area (Å²) in [6.07, 6.45) is 11.4. The maximum Gasteiger partial charge on any atom is 0.258 e. The molecule has 2 fully saturated rings. The Labute approximate surface area is 271 Å². The van der Waals surface area contributed by atoms with E-state index in [2.05, 4.69) is 42.9 Å². The highest BCUT2D eigenvalue weighted by Gasteiger charge is 2.37. The highest BCUT2D eigenvalue weighted by atomic mass is 16.5. The summed E-state index contributed by atoms with van der Waals surface area (Å²) >= 11 is 0. The van der Waals surface area contributed by atoms with Crippen molar-refractivity contribution in [2.75, 3.05) is 63.3 Å². The van der Waals surface area contributed by atoms with Crippen LogP contribution in [0, 0.1) is 12.3 Å². The smallest absolute Gasteiger partial charge is 0.258 e. The van der Waals surface area contributed by atoms with Gasteiger partial charge in [-0.15, -0.1) is 0 Å². The number of benzene rings is 1. The molecular formula is C36H45N7O3. The van der Waals surface area contributed by atoms with E-state index in [0.717, 1.165) is 80.1 Å². The van der Waals surface area contributed by atoms with Crippen LogP contribution in [0.4, 0.5) is 11.6 Å². The van der Waals surface area contributed by atoms with Gasteiger partial charge in [0.15, 0.2) is 0 Å². The Bertz CT molecular complexity index is 1680. The largest absolute Gasteiger partial charge is 0.493 e. The van der Waals surface area contributed by atoms with Gasteiger partial charge < -0.3 is 23.8 Å². The summed E-state index contributed by atoms with van der Waals surface area (Å²) in [5, 5.41) is 3.15. The molecule has 10 heteroatoms. The van der Waals surface area contributed by atoms with Crippen molar-refractivity contribution in [3.63, 3.8) is 0 Å². The number of pyridine rings is 2. The van der Waals surface area contributed by atoms with Crippen molar-refractivity contribution in [1.82, 2.24) is 24.4 Å². The van der Waals surface area contributed by atoms with E-state index in [1.807, 2.05) is 25.1 Å². The summed E-state index contributed by atoms with van der Waals surface area (Å²) in [4.78, 5) is 32.7. The number of ether oxygens (including phenoxy) is 2. The van der Waals surface area contributed by atoms with Gasteiger partial charge in [-0.2, -0.15) is 0 Å². The molecule has 3 aliphatic rings. The number of hydrogen-bond acceptors (Lipinski definition) is 8. The molecule has 1 N–H and O–H groups in total. The van der Waals surface area contributed by atoms with E-state index in [1.165, 1.54) is 44.5 Å². The Morgan fingerprint density at radius 2 is 1.78 bits per heavy atom. The summed E-state index contributed by atoms with van der Waals surface area (Å²) in [5.74, 6) is 1.11. The molecule has 0 atom stereocenters. The lowest BCUT2D eigenvalue weighted by Gasteiger charge is -2.47. The van der Waals surface area contributed by atoms with Crippen molar-refractivity contribution in [1.29, 1.82) is 0 Å². The molecule has 6 heterocycles. The molecular weight excluding hydrogens is 578 g/mol. The predicted molar refractivity (Wildman–Crippen MR) is 181 cm³/mol. The molecule has 10 nitrogen and oxygen atoms in total. The molecule has 3 aromatic heterocycles. The lowest BCUT2D eigenvalue weighted by atomic mass is 9.71. The number of aryl methyl sites for hydroxylation is 2. The van der Waals surface area contributed by atoms with Gasteiger partial charge in [-0.25, -0.2) is 4.98 Å². The SMILES string of the molecule is COCCN1CCC2(CC1)CCN(c1ccc3nc4n(c3c1)CCCCCOc1ccncc1-c1cc(cc(C)n1)C(=O)N4)CC2. The number of piperidine rings is 2. The van der Waals surface area contributed by atoms with Crippen LogP contribution in [0.3, 0.4) is 0 Å². The molecule has 3 aliphatic heterocycles. The Morgan fingerprint density at radius 3 is 2.61 bits per heavy atom. The minimum atomic E-state index is -0.209. The number of carbonyl (C=O) groups is 1. The van der Waals surface area contributed by atoms with Gasteiger partial charge >= 0.3 is 0 Å². The van der Waals surface area contributed by atoms with Crippen molar-refractivity contribution in [2.24, 2.45) is 5.41 Å². The van der Waals surface area contributed by atoms with Crippen LogP contribution in [0.25, 0.3) is 22.3 Å². The average Bonchev–Trinajstić information content (AvgIpc) is 3.41. The first kappa shape index (κ1) is 30.6. The number of rotatable bonds is 4. The molecule has 2 saturated heterocycles. The molecule has 4 aromatic rings. The number of amides is 1. The molecule has 1 spiro atoms. The minimum Gasteiger partial charge on any atom is -0.493 e. The molecule has 0 unspecified atom stereocenters. The van der Waals surface area contributed by atoms with E-state index in [4.69, 9.17) is 19.4 Å². The summed E-state index contributed by atoms with van der Waals surface area (Å²) < 4.78 is 13.7. The summed E-state index contributed by atoms with van der Waals surface area (Å²) in [7, 11) is 1.79. The van der Waals surface area contributed by atoms with Crippen molar-refractivity contribution in [3.8, 4) is 17.0 Å². The number of fused-ring (bicyclic) bond motifs is 7. The van der Waals surface area contributed by atoms with E-state index in [-0.39, 0.29) is 5.91 Å². The van der Waals surface area contributed by atoms with Gasteiger partial charge in [0.05, 0.1) is 35.5 Å². The summed E-state index contributed by atoms with van der Waals surface area (Å²) in [6, 6.07) is 12.1. The van der Waals surface area contributed by atoms with Gasteiger partial charge in [-0.05, 0) is 107 Å². The van der Waals surface area contributed by atoms with Gasteiger partial charge in [0.1, 0.15) is 5.75 Å². The van der Waals surface area contributed by atoms with Crippen LogP contribution < -0.4 is 15.0 Å². The average molecular weight is 624 g/mol. The van der Waals surface area contributed by atoms with Crippen LogP contribution in [0.2, 0.25) is 0 Å². The Balaban J connectivity index is 1.12. The molecule has 1 aromatic carbocycles. The quantitative estimate of drug-likeness (QED) is 0.298. The standard InChI is InChI=1S/C36H45N7O3/c1-26-22-27-23-31(38-26)29-25-37-13-8-33(29)46-20-5-3-4-14-43-32-24-28(6-7-30(32)39-35(43)40-34(27)44)42-17-11-36(12-18-42)9-15-41(16-10-36)19-21-45-2/h6-8,13,22-25H,3-5,9-12,14-21H2,1-2H3,(H,39,40,44). The zero-order valence-corrected chi connectivity index (χ0v) is 27.1. The molecule has 0 radical (unpaired) electrons. The van der Waals surface area contributed by atoms with Gasteiger partial charge in [0.2, 0.25) is 5.95 Å². The molecule has 2 bridgehead atoms. The number of anilines is 2.